The average molecular weight is 286 g/mol. The summed E-state index contributed by atoms with van der Waals surface area (Å²) in [6.45, 7) is 1.48. The van der Waals surface area contributed by atoms with Crippen LogP contribution < -0.4 is 0 Å². The van der Waals surface area contributed by atoms with Gasteiger partial charge in [-0.25, -0.2) is 4.39 Å². The minimum atomic E-state index is -0.763. The van der Waals surface area contributed by atoms with Gasteiger partial charge in [0.2, 0.25) is 0 Å². The Morgan fingerprint density at radius 2 is 2.32 bits per heavy atom. The summed E-state index contributed by atoms with van der Waals surface area (Å²) in [4.78, 5) is 13.0. The normalized spacial score (nSPS) is 19.8. The molecular formula is C14H17ClFNO2. The number of hydrogen-bond acceptors (Lipinski definition) is 2. The first-order valence-electron chi connectivity index (χ1n) is 6.49. The Morgan fingerprint density at radius 3 is 3.00 bits per heavy atom. The fourth-order valence-corrected chi connectivity index (χ4v) is 2.86. The molecule has 5 heteroatoms. The van der Waals surface area contributed by atoms with E-state index in [1.165, 1.54) is 6.07 Å². The van der Waals surface area contributed by atoms with Crippen LogP contribution in [-0.2, 0) is 11.2 Å². The molecule has 1 aromatic carbocycles. The molecule has 104 valence electrons. The summed E-state index contributed by atoms with van der Waals surface area (Å²) in [6, 6.07) is 4.28. The summed E-state index contributed by atoms with van der Waals surface area (Å²) in [5.74, 6) is -1.05. The van der Waals surface area contributed by atoms with E-state index < -0.39 is 5.97 Å². The zero-order valence-electron chi connectivity index (χ0n) is 10.6. The van der Waals surface area contributed by atoms with E-state index in [0.717, 1.165) is 13.0 Å². The molecule has 1 heterocycles. The molecule has 1 aliphatic heterocycles. The Hall–Kier alpha value is -1.13. The molecule has 1 saturated heterocycles. The Balaban J connectivity index is 1.88. The van der Waals surface area contributed by atoms with Crippen molar-refractivity contribution in [3.63, 3.8) is 0 Å². The van der Waals surface area contributed by atoms with Crippen LogP contribution in [-0.4, -0.2) is 35.1 Å². The van der Waals surface area contributed by atoms with Crippen molar-refractivity contribution in [1.82, 2.24) is 4.90 Å². The number of likely N-dealkylation sites (tertiary alicyclic amines) is 1. The van der Waals surface area contributed by atoms with Crippen LogP contribution in [0.2, 0.25) is 5.02 Å². The third-order valence-corrected chi connectivity index (χ3v) is 3.94. The fourth-order valence-electron chi connectivity index (χ4n) is 2.60. The van der Waals surface area contributed by atoms with Crippen molar-refractivity contribution >= 4 is 17.6 Å². The van der Waals surface area contributed by atoms with Crippen molar-refractivity contribution in [1.29, 1.82) is 0 Å². The topological polar surface area (TPSA) is 40.5 Å². The van der Waals surface area contributed by atoms with Crippen LogP contribution >= 0.6 is 11.6 Å². The maximum atomic E-state index is 13.6. The summed E-state index contributed by atoms with van der Waals surface area (Å²) < 4.78 is 13.6. The number of aliphatic carboxylic acids is 1. The summed E-state index contributed by atoms with van der Waals surface area (Å²) >= 11 is 5.96. The van der Waals surface area contributed by atoms with Crippen LogP contribution in [0.3, 0.4) is 0 Å². The number of carboxylic acids is 1. The molecule has 1 aliphatic rings. The van der Waals surface area contributed by atoms with Gasteiger partial charge in [0.05, 0.1) is 0 Å². The molecule has 0 amide bonds. The second kappa shape index (κ2) is 6.35. The molecule has 0 spiro atoms. The van der Waals surface area contributed by atoms with E-state index in [1.54, 1.807) is 12.1 Å². The highest BCUT2D eigenvalue weighted by molar-refractivity contribution is 6.31. The van der Waals surface area contributed by atoms with E-state index in [2.05, 4.69) is 0 Å². The van der Waals surface area contributed by atoms with Crippen molar-refractivity contribution in [2.75, 3.05) is 13.1 Å². The van der Waals surface area contributed by atoms with Crippen LogP contribution in [0.1, 0.15) is 24.8 Å². The van der Waals surface area contributed by atoms with Crippen molar-refractivity contribution in [3.8, 4) is 0 Å². The van der Waals surface area contributed by atoms with Gasteiger partial charge in [-0.2, -0.15) is 0 Å². The molecule has 0 radical (unpaired) electrons. The molecule has 1 aromatic rings. The second-order valence-corrected chi connectivity index (χ2v) is 5.24. The summed E-state index contributed by atoms with van der Waals surface area (Å²) in [5, 5.41) is 9.51. The number of halogens is 2. The molecule has 0 saturated carbocycles. The minimum absolute atomic E-state index is 0.288. The standard InChI is InChI=1S/C14H17ClFNO2/c15-11-5-1-6-12(16)10(11)4-2-8-17-9-3-7-13(17)14(18)19/h1,5-6,13H,2-4,7-9H2,(H,18,19). The molecule has 1 unspecified atom stereocenters. The van der Waals surface area contributed by atoms with Gasteiger partial charge in [0.15, 0.2) is 0 Å². The zero-order chi connectivity index (χ0) is 13.8. The van der Waals surface area contributed by atoms with Gasteiger partial charge in [-0.3, -0.25) is 9.69 Å². The molecule has 1 fully saturated rings. The highest BCUT2D eigenvalue weighted by Crippen LogP contribution is 2.22. The maximum absolute atomic E-state index is 13.6. The molecule has 0 bridgehead atoms. The highest BCUT2D eigenvalue weighted by atomic mass is 35.5. The average Bonchev–Trinajstić information content (AvgIpc) is 2.81. The quantitative estimate of drug-likeness (QED) is 0.904. The van der Waals surface area contributed by atoms with Gasteiger partial charge in [-0.05, 0) is 50.9 Å². The van der Waals surface area contributed by atoms with E-state index in [9.17, 15) is 9.18 Å². The first kappa shape index (κ1) is 14.3. The highest BCUT2D eigenvalue weighted by Gasteiger charge is 2.29. The lowest BCUT2D eigenvalue weighted by molar-refractivity contribution is -0.142. The van der Waals surface area contributed by atoms with E-state index in [0.29, 0.717) is 36.4 Å². The van der Waals surface area contributed by atoms with Crippen molar-refractivity contribution in [3.05, 3.63) is 34.6 Å². The minimum Gasteiger partial charge on any atom is -0.480 e. The molecule has 0 aliphatic carbocycles. The van der Waals surface area contributed by atoms with Gasteiger partial charge in [0, 0.05) is 10.6 Å². The monoisotopic (exact) mass is 285 g/mol. The molecule has 3 nitrogen and oxygen atoms in total. The Kier molecular flexibility index (Phi) is 4.77. The maximum Gasteiger partial charge on any atom is 0.320 e. The van der Waals surface area contributed by atoms with Gasteiger partial charge >= 0.3 is 5.97 Å². The predicted octanol–water partition coefficient (Wildman–Crippen LogP) is 2.96. The van der Waals surface area contributed by atoms with E-state index in [4.69, 9.17) is 16.7 Å². The van der Waals surface area contributed by atoms with Crippen molar-refractivity contribution in [2.24, 2.45) is 0 Å². The van der Waals surface area contributed by atoms with Crippen LogP contribution in [0.15, 0.2) is 18.2 Å². The number of hydrogen-bond donors (Lipinski definition) is 1. The van der Waals surface area contributed by atoms with Crippen molar-refractivity contribution in [2.45, 2.75) is 31.7 Å². The lowest BCUT2D eigenvalue weighted by atomic mass is 10.1. The summed E-state index contributed by atoms with van der Waals surface area (Å²) in [5.41, 5.74) is 0.523. The van der Waals surface area contributed by atoms with Gasteiger partial charge in [0.1, 0.15) is 11.9 Å². The smallest absolute Gasteiger partial charge is 0.320 e. The van der Waals surface area contributed by atoms with E-state index in [-0.39, 0.29) is 11.9 Å². The lowest BCUT2D eigenvalue weighted by Crippen LogP contribution is -2.36. The van der Waals surface area contributed by atoms with E-state index >= 15 is 0 Å². The number of benzene rings is 1. The molecule has 1 atom stereocenters. The zero-order valence-corrected chi connectivity index (χ0v) is 11.4. The predicted molar refractivity (Wildman–Crippen MR) is 72.0 cm³/mol. The summed E-state index contributed by atoms with van der Waals surface area (Å²) in [6.07, 6.45) is 2.87. The van der Waals surface area contributed by atoms with E-state index in [1.807, 2.05) is 4.90 Å². The largest absolute Gasteiger partial charge is 0.480 e. The van der Waals surface area contributed by atoms with Crippen LogP contribution in [0.5, 0.6) is 0 Å². The Bertz CT molecular complexity index is 447. The molecule has 1 N–H and O–H groups in total. The van der Waals surface area contributed by atoms with Crippen LogP contribution in [0.25, 0.3) is 0 Å². The second-order valence-electron chi connectivity index (χ2n) is 4.84. The van der Waals surface area contributed by atoms with Crippen LogP contribution in [0.4, 0.5) is 4.39 Å². The Morgan fingerprint density at radius 1 is 1.53 bits per heavy atom. The van der Waals surface area contributed by atoms with Gasteiger partial charge in [0.25, 0.3) is 0 Å². The number of nitrogens with zero attached hydrogens (tertiary/aromatic N) is 1. The SMILES string of the molecule is O=C(O)C1CCCN1CCCc1c(F)cccc1Cl. The Labute approximate surface area is 117 Å². The molecule has 2 rings (SSSR count). The summed E-state index contributed by atoms with van der Waals surface area (Å²) in [7, 11) is 0. The number of carboxylic acid groups (broad SMARTS) is 1. The molecular weight excluding hydrogens is 269 g/mol. The van der Waals surface area contributed by atoms with Gasteiger partial charge in [-0.1, -0.05) is 17.7 Å². The molecule has 19 heavy (non-hydrogen) atoms. The number of carbonyl (C=O) groups is 1. The van der Waals surface area contributed by atoms with Crippen LogP contribution in [0, 0.1) is 5.82 Å². The lowest BCUT2D eigenvalue weighted by Gasteiger charge is -2.20. The van der Waals surface area contributed by atoms with Crippen molar-refractivity contribution < 1.29 is 14.3 Å². The number of rotatable bonds is 5. The fraction of sp³-hybridized carbons (Fsp3) is 0.500. The molecule has 0 aromatic heterocycles. The first-order chi connectivity index (χ1) is 9.09. The first-order valence-corrected chi connectivity index (χ1v) is 6.87. The third-order valence-electron chi connectivity index (χ3n) is 3.58. The van der Waals surface area contributed by atoms with Gasteiger partial charge in [-0.15, -0.1) is 0 Å². The third kappa shape index (κ3) is 3.45. The van der Waals surface area contributed by atoms with Gasteiger partial charge < -0.3 is 5.11 Å².